The Balaban J connectivity index is 2.10. The van der Waals surface area contributed by atoms with Gasteiger partial charge in [-0.25, -0.2) is 0 Å². The third-order valence-corrected chi connectivity index (χ3v) is 1.67. The van der Waals surface area contributed by atoms with Crippen LogP contribution in [0.2, 0.25) is 0 Å². The van der Waals surface area contributed by atoms with Gasteiger partial charge in [0.05, 0.1) is 11.7 Å². The molecule has 0 aliphatic carbocycles. The lowest BCUT2D eigenvalue weighted by atomic mass is 9.97. The molecule has 0 bridgehead atoms. The van der Waals surface area contributed by atoms with Gasteiger partial charge in [0.1, 0.15) is 0 Å². The van der Waals surface area contributed by atoms with Crippen LogP contribution >= 0.6 is 0 Å². The Morgan fingerprint density at radius 2 is 2.30 bits per heavy atom. The van der Waals surface area contributed by atoms with Crippen molar-refractivity contribution in [1.82, 2.24) is 4.90 Å². The van der Waals surface area contributed by atoms with Gasteiger partial charge in [0.2, 0.25) is 0 Å². The van der Waals surface area contributed by atoms with Gasteiger partial charge in [0, 0.05) is 26.1 Å². The molecule has 1 aliphatic heterocycles. The second-order valence-electron chi connectivity index (χ2n) is 3.12. The van der Waals surface area contributed by atoms with Crippen LogP contribution in [-0.2, 0) is 0 Å². The minimum Gasteiger partial charge on any atom is -0.388 e. The molecular weight excluding hydrogens is 128 g/mol. The fourth-order valence-electron chi connectivity index (χ4n) is 1.28. The molecule has 1 fully saturated rings. The Kier molecular flexibility index (Phi) is 1.93. The zero-order chi connectivity index (χ0) is 7.61. The van der Waals surface area contributed by atoms with E-state index in [2.05, 4.69) is 11.0 Å². The first kappa shape index (κ1) is 7.52. The first-order chi connectivity index (χ1) is 4.64. The van der Waals surface area contributed by atoms with Gasteiger partial charge >= 0.3 is 0 Å². The van der Waals surface area contributed by atoms with E-state index >= 15 is 0 Å². The predicted molar refractivity (Wildman–Crippen MR) is 37.3 cm³/mol. The molecule has 0 radical (unpaired) electrons. The van der Waals surface area contributed by atoms with E-state index in [4.69, 9.17) is 5.26 Å². The van der Waals surface area contributed by atoms with Crippen LogP contribution in [-0.4, -0.2) is 35.2 Å². The maximum Gasteiger partial charge on any atom is 0.0872 e. The van der Waals surface area contributed by atoms with Crippen LogP contribution in [0.5, 0.6) is 0 Å². The molecule has 1 N–H and O–H groups in total. The molecule has 1 rings (SSSR count). The number of rotatable bonds is 2. The Hall–Kier alpha value is -0.590. The predicted octanol–water partition coefficient (Wildman–Crippen LogP) is -0.0333. The fourth-order valence-corrected chi connectivity index (χ4v) is 1.28. The second-order valence-corrected chi connectivity index (χ2v) is 3.12. The van der Waals surface area contributed by atoms with E-state index in [-0.39, 0.29) is 0 Å². The zero-order valence-corrected chi connectivity index (χ0v) is 6.17. The van der Waals surface area contributed by atoms with Crippen LogP contribution in [0.25, 0.3) is 0 Å². The Morgan fingerprint density at radius 3 is 2.70 bits per heavy atom. The molecule has 3 nitrogen and oxygen atoms in total. The van der Waals surface area contributed by atoms with E-state index in [1.54, 1.807) is 0 Å². The number of β-amino-alcohol motifs (C(OH)–C–C–N with tert-alkyl or cyclic N) is 1. The van der Waals surface area contributed by atoms with Crippen molar-refractivity contribution in [2.45, 2.75) is 18.9 Å². The topological polar surface area (TPSA) is 47.3 Å². The number of likely N-dealkylation sites (tertiary alicyclic amines) is 1. The van der Waals surface area contributed by atoms with Gasteiger partial charge in [-0.3, -0.25) is 4.90 Å². The summed E-state index contributed by atoms with van der Waals surface area (Å²) in [5.74, 6) is 0. The molecular formula is C7H12N2O. The lowest BCUT2D eigenvalue weighted by Gasteiger charge is -2.43. The van der Waals surface area contributed by atoms with E-state index in [1.807, 2.05) is 6.92 Å². The lowest BCUT2D eigenvalue weighted by Crippen LogP contribution is -2.59. The number of hydrogen-bond donors (Lipinski definition) is 1. The smallest absolute Gasteiger partial charge is 0.0872 e. The highest BCUT2D eigenvalue weighted by atomic mass is 16.3. The van der Waals surface area contributed by atoms with Crippen molar-refractivity contribution in [3.63, 3.8) is 0 Å². The Bertz CT molecular complexity index is 151. The molecule has 3 heteroatoms. The molecule has 0 spiro atoms. The van der Waals surface area contributed by atoms with Crippen molar-refractivity contribution in [1.29, 1.82) is 5.26 Å². The number of aliphatic hydroxyl groups is 1. The van der Waals surface area contributed by atoms with Crippen molar-refractivity contribution in [3.8, 4) is 6.07 Å². The molecule has 0 atom stereocenters. The van der Waals surface area contributed by atoms with Crippen molar-refractivity contribution in [2.75, 3.05) is 19.6 Å². The number of nitrogens with zero attached hydrogens (tertiary/aromatic N) is 2. The second kappa shape index (κ2) is 2.57. The van der Waals surface area contributed by atoms with Gasteiger partial charge in [0.15, 0.2) is 0 Å². The van der Waals surface area contributed by atoms with E-state index < -0.39 is 5.60 Å². The van der Waals surface area contributed by atoms with Gasteiger partial charge < -0.3 is 5.11 Å². The van der Waals surface area contributed by atoms with E-state index in [0.717, 1.165) is 6.54 Å². The SMILES string of the molecule is CC1(O)CN(CCC#N)C1. The molecule has 0 aromatic rings. The monoisotopic (exact) mass is 140 g/mol. The maximum atomic E-state index is 9.26. The summed E-state index contributed by atoms with van der Waals surface area (Å²) in [5, 5.41) is 17.5. The van der Waals surface area contributed by atoms with Gasteiger partial charge in [-0.15, -0.1) is 0 Å². The quantitative estimate of drug-likeness (QED) is 0.585. The summed E-state index contributed by atoms with van der Waals surface area (Å²) in [6.07, 6.45) is 0.566. The van der Waals surface area contributed by atoms with Crippen LogP contribution < -0.4 is 0 Å². The summed E-state index contributed by atoms with van der Waals surface area (Å²) in [6, 6.07) is 2.07. The standard InChI is InChI=1S/C7H12N2O/c1-7(10)5-9(6-7)4-2-3-8/h10H,2,4-6H2,1H3. The third-order valence-electron chi connectivity index (χ3n) is 1.67. The molecule has 0 aromatic carbocycles. The summed E-state index contributed by atoms with van der Waals surface area (Å²) < 4.78 is 0. The van der Waals surface area contributed by atoms with Crippen LogP contribution in [0.1, 0.15) is 13.3 Å². The van der Waals surface area contributed by atoms with Gasteiger partial charge in [-0.2, -0.15) is 5.26 Å². The molecule has 0 saturated carbocycles. The minimum absolute atomic E-state index is 0.491. The summed E-state index contributed by atoms with van der Waals surface area (Å²) >= 11 is 0. The number of nitriles is 1. The van der Waals surface area contributed by atoms with Gasteiger partial charge in [-0.05, 0) is 6.92 Å². The zero-order valence-electron chi connectivity index (χ0n) is 6.17. The van der Waals surface area contributed by atoms with Crippen LogP contribution in [0, 0.1) is 11.3 Å². The van der Waals surface area contributed by atoms with Crippen molar-refractivity contribution < 1.29 is 5.11 Å². The van der Waals surface area contributed by atoms with Crippen molar-refractivity contribution >= 4 is 0 Å². The van der Waals surface area contributed by atoms with Gasteiger partial charge in [0.25, 0.3) is 0 Å². The van der Waals surface area contributed by atoms with Crippen molar-refractivity contribution in [3.05, 3.63) is 0 Å². The molecule has 1 heterocycles. The highest BCUT2D eigenvalue weighted by Gasteiger charge is 2.35. The fraction of sp³-hybridized carbons (Fsp3) is 0.857. The lowest BCUT2D eigenvalue weighted by molar-refractivity contribution is -0.0820. The molecule has 1 saturated heterocycles. The normalized spacial score (nSPS) is 23.3. The molecule has 10 heavy (non-hydrogen) atoms. The minimum atomic E-state index is -0.491. The first-order valence-electron chi connectivity index (χ1n) is 3.46. The highest BCUT2D eigenvalue weighted by molar-refractivity contribution is 4.92. The summed E-state index contributed by atoms with van der Waals surface area (Å²) in [6.45, 7) is 4.05. The third kappa shape index (κ3) is 1.69. The van der Waals surface area contributed by atoms with Crippen LogP contribution in [0.15, 0.2) is 0 Å². The van der Waals surface area contributed by atoms with Gasteiger partial charge in [-0.1, -0.05) is 0 Å². The summed E-state index contributed by atoms with van der Waals surface area (Å²) in [4.78, 5) is 2.07. The molecule has 1 aliphatic rings. The van der Waals surface area contributed by atoms with E-state index in [0.29, 0.717) is 19.5 Å². The average molecular weight is 140 g/mol. The summed E-state index contributed by atoms with van der Waals surface area (Å²) in [5.41, 5.74) is -0.491. The first-order valence-corrected chi connectivity index (χ1v) is 3.46. The summed E-state index contributed by atoms with van der Waals surface area (Å²) in [7, 11) is 0. The van der Waals surface area contributed by atoms with E-state index in [9.17, 15) is 5.11 Å². The Labute approximate surface area is 60.9 Å². The average Bonchev–Trinajstić information content (AvgIpc) is 1.78. The molecule has 0 unspecified atom stereocenters. The highest BCUT2D eigenvalue weighted by Crippen LogP contribution is 2.18. The Morgan fingerprint density at radius 1 is 1.70 bits per heavy atom. The number of hydrogen-bond acceptors (Lipinski definition) is 3. The van der Waals surface area contributed by atoms with Crippen LogP contribution in [0.4, 0.5) is 0 Å². The molecule has 0 aromatic heterocycles. The molecule has 56 valence electrons. The maximum absolute atomic E-state index is 9.26. The van der Waals surface area contributed by atoms with E-state index in [1.165, 1.54) is 0 Å². The van der Waals surface area contributed by atoms with Crippen LogP contribution in [0.3, 0.4) is 0 Å². The largest absolute Gasteiger partial charge is 0.388 e. The van der Waals surface area contributed by atoms with Crippen molar-refractivity contribution in [2.24, 2.45) is 0 Å². The molecule has 0 amide bonds.